The zero-order chi connectivity index (χ0) is 16.5. The van der Waals surface area contributed by atoms with Gasteiger partial charge >= 0.3 is 5.97 Å². The third-order valence-electron chi connectivity index (χ3n) is 4.89. The summed E-state index contributed by atoms with van der Waals surface area (Å²) in [4.78, 5) is 15.4. The van der Waals surface area contributed by atoms with Crippen LogP contribution in [0, 0.1) is 0 Å². The fraction of sp³-hybridized carbons (Fsp3) is 0.286. The molecule has 24 heavy (non-hydrogen) atoms. The third-order valence-corrected chi connectivity index (χ3v) is 4.89. The van der Waals surface area contributed by atoms with E-state index in [1.54, 1.807) is 0 Å². The molecule has 2 aromatic carbocycles. The minimum absolute atomic E-state index is 0.100. The Morgan fingerprint density at radius 3 is 2.67 bits per heavy atom. The zero-order valence-electron chi connectivity index (χ0n) is 13.8. The van der Waals surface area contributed by atoms with Gasteiger partial charge in [-0.05, 0) is 35.6 Å². The minimum Gasteiger partial charge on any atom is -0.457 e. The average molecular weight is 319 g/mol. The summed E-state index contributed by atoms with van der Waals surface area (Å²) in [5.74, 6) is 0.161. The highest BCUT2D eigenvalue weighted by Crippen LogP contribution is 2.47. The van der Waals surface area contributed by atoms with Crippen LogP contribution in [0.4, 0.5) is 0 Å². The van der Waals surface area contributed by atoms with E-state index < -0.39 is 0 Å². The summed E-state index contributed by atoms with van der Waals surface area (Å²) < 4.78 is 5.77. The van der Waals surface area contributed by atoms with Crippen molar-refractivity contribution in [1.29, 1.82) is 0 Å². The molecule has 4 rings (SSSR count). The van der Waals surface area contributed by atoms with Gasteiger partial charge in [-0.2, -0.15) is 0 Å². The first-order valence-electron chi connectivity index (χ1n) is 8.62. The van der Waals surface area contributed by atoms with Crippen molar-refractivity contribution in [3.8, 4) is 0 Å². The molecule has 0 saturated heterocycles. The van der Waals surface area contributed by atoms with Crippen molar-refractivity contribution in [2.24, 2.45) is 0 Å². The van der Waals surface area contributed by atoms with Crippen LogP contribution in [0.2, 0.25) is 0 Å². The van der Waals surface area contributed by atoms with Gasteiger partial charge in [-0.3, -0.25) is 4.79 Å². The number of aromatic amines is 1. The van der Waals surface area contributed by atoms with Crippen molar-refractivity contribution in [3.63, 3.8) is 0 Å². The number of aromatic nitrogens is 1. The normalized spacial score (nSPS) is 19.4. The summed E-state index contributed by atoms with van der Waals surface area (Å²) in [6.07, 6.45) is 4.08. The maximum absolute atomic E-state index is 12.0. The molecule has 122 valence electrons. The molecule has 0 fully saturated rings. The molecule has 0 amide bonds. The molecule has 0 radical (unpaired) electrons. The number of hydrogen-bond donors (Lipinski definition) is 1. The Morgan fingerprint density at radius 1 is 1.08 bits per heavy atom. The number of carbonyl (C=O) groups excluding carboxylic acids is 1. The Kier molecular flexibility index (Phi) is 3.85. The minimum atomic E-state index is -0.140. The largest absolute Gasteiger partial charge is 0.457 e. The number of carbonyl (C=O) groups is 1. The molecular formula is C21H21NO2. The first kappa shape index (κ1) is 15.0. The highest BCUT2D eigenvalue weighted by Gasteiger charge is 2.35. The van der Waals surface area contributed by atoms with Crippen LogP contribution < -0.4 is 0 Å². The lowest BCUT2D eigenvalue weighted by atomic mass is 9.93. The Balaban J connectivity index is 1.71. The second-order valence-corrected chi connectivity index (χ2v) is 6.44. The van der Waals surface area contributed by atoms with Gasteiger partial charge in [-0.15, -0.1) is 0 Å². The van der Waals surface area contributed by atoms with Crippen LogP contribution in [0.1, 0.15) is 54.9 Å². The van der Waals surface area contributed by atoms with Crippen molar-refractivity contribution in [2.75, 3.05) is 0 Å². The van der Waals surface area contributed by atoms with Gasteiger partial charge in [0.05, 0.1) is 0 Å². The standard InChI is InChI=1S/C21H21NO2/c1-2-7-21(23)24-20-12-17(14-8-3-4-10-16(14)20)18-13-22-19-11-6-5-9-15(18)19/h3-6,8-11,13,17,20,22H,2,7,12H2,1H3/t17-,20+/m0/s1. The summed E-state index contributed by atoms with van der Waals surface area (Å²) in [6, 6.07) is 16.7. The Hall–Kier alpha value is -2.55. The van der Waals surface area contributed by atoms with E-state index in [1.165, 1.54) is 16.5 Å². The van der Waals surface area contributed by atoms with E-state index in [1.807, 2.05) is 19.1 Å². The van der Waals surface area contributed by atoms with E-state index in [0.29, 0.717) is 6.42 Å². The van der Waals surface area contributed by atoms with Gasteiger partial charge in [0, 0.05) is 29.4 Å². The number of fused-ring (bicyclic) bond motifs is 2. The number of nitrogens with one attached hydrogen (secondary N) is 1. The van der Waals surface area contributed by atoms with Crippen molar-refractivity contribution in [2.45, 2.75) is 38.2 Å². The first-order chi connectivity index (χ1) is 11.8. The Bertz CT molecular complexity index is 880. The first-order valence-corrected chi connectivity index (χ1v) is 8.62. The second kappa shape index (κ2) is 6.16. The van der Waals surface area contributed by atoms with Crippen LogP contribution in [0.25, 0.3) is 10.9 Å². The van der Waals surface area contributed by atoms with Crippen LogP contribution >= 0.6 is 0 Å². The van der Waals surface area contributed by atoms with Crippen molar-refractivity contribution in [3.05, 3.63) is 71.4 Å². The smallest absolute Gasteiger partial charge is 0.306 e. The highest BCUT2D eigenvalue weighted by molar-refractivity contribution is 5.84. The number of hydrogen-bond acceptors (Lipinski definition) is 2. The summed E-state index contributed by atoms with van der Waals surface area (Å²) >= 11 is 0. The van der Waals surface area contributed by atoms with E-state index in [-0.39, 0.29) is 18.0 Å². The van der Waals surface area contributed by atoms with Crippen LogP contribution in [-0.4, -0.2) is 11.0 Å². The molecule has 1 aliphatic carbocycles. The monoisotopic (exact) mass is 319 g/mol. The van der Waals surface area contributed by atoms with Crippen LogP contribution in [0.5, 0.6) is 0 Å². The molecule has 2 atom stereocenters. The second-order valence-electron chi connectivity index (χ2n) is 6.44. The maximum atomic E-state index is 12.0. The lowest BCUT2D eigenvalue weighted by Gasteiger charge is -2.13. The third kappa shape index (κ3) is 2.50. The van der Waals surface area contributed by atoms with Gasteiger partial charge < -0.3 is 9.72 Å². The van der Waals surface area contributed by atoms with E-state index in [2.05, 4.69) is 47.6 Å². The number of ether oxygens (including phenoxy) is 1. The number of rotatable bonds is 4. The van der Waals surface area contributed by atoms with E-state index >= 15 is 0 Å². The van der Waals surface area contributed by atoms with Crippen molar-refractivity contribution in [1.82, 2.24) is 4.98 Å². The zero-order valence-corrected chi connectivity index (χ0v) is 13.8. The van der Waals surface area contributed by atoms with Crippen LogP contribution in [0.3, 0.4) is 0 Å². The number of esters is 1. The molecule has 0 unspecified atom stereocenters. The summed E-state index contributed by atoms with van der Waals surface area (Å²) in [5.41, 5.74) is 4.86. The van der Waals surface area contributed by atoms with E-state index in [9.17, 15) is 4.79 Å². The van der Waals surface area contributed by atoms with Gasteiger partial charge in [-0.25, -0.2) is 0 Å². The van der Waals surface area contributed by atoms with E-state index in [4.69, 9.17) is 4.74 Å². The predicted octanol–water partition coefficient (Wildman–Crippen LogP) is 5.09. The molecule has 1 N–H and O–H groups in total. The molecule has 3 nitrogen and oxygen atoms in total. The SMILES string of the molecule is CCCC(=O)O[C@@H]1C[C@H](c2c[nH]c3ccccc23)c2ccccc21. The molecule has 3 aromatic rings. The lowest BCUT2D eigenvalue weighted by molar-refractivity contribution is -0.149. The fourth-order valence-electron chi connectivity index (χ4n) is 3.80. The predicted molar refractivity (Wildman–Crippen MR) is 94.9 cm³/mol. The van der Waals surface area contributed by atoms with Gasteiger partial charge in [0.1, 0.15) is 6.10 Å². The molecule has 0 saturated carbocycles. The molecule has 1 aromatic heterocycles. The molecule has 0 aliphatic heterocycles. The van der Waals surface area contributed by atoms with Gasteiger partial charge in [-0.1, -0.05) is 49.4 Å². The highest BCUT2D eigenvalue weighted by atomic mass is 16.5. The topological polar surface area (TPSA) is 42.1 Å². The fourth-order valence-corrected chi connectivity index (χ4v) is 3.80. The maximum Gasteiger partial charge on any atom is 0.306 e. The molecule has 0 bridgehead atoms. The molecule has 1 aliphatic rings. The van der Waals surface area contributed by atoms with Crippen LogP contribution in [0.15, 0.2) is 54.7 Å². The number of benzene rings is 2. The summed E-state index contributed by atoms with van der Waals surface area (Å²) in [5, 5.41) is 1.25. The van der Waals surface area contributed by atoms with Crippen molar-refractivity contribution >= 4 is 16.9 Å². The van der Waals surface area contributed by atoms with Crippen molar-refractivity contribution < 1.29 is 9.53 Å². The lowest BCUT2D eigenvalue weighted by Crippen LogP contribution is -2.08. The van der Waals surface area contributed by atoms with Gasteiger partial charge in [0.2, 0.25) is 0 Å². The van der Waals surface area contributed by atoms with Gasteiger partial charge in [0.25, 0.3) is 0 Å². The molecular weight excluding hydrogens is 298 g/mol. The quantitative estimate of drug-likeness (QED) is 0.681. The van der Waals surface area contributed by atoms with Gasteiger partial charge in [0.15, 0.2) is 0 Å². The summed E-state index contributed by atoms with van der Waals surface area (Å²) in [6.45, 7) is 2.00. The Morgan fingerprint density at radius 2 is 1.83 bits per heavy atom. The molecule has 0 spiro atoms. The Labute approximate surface area is 141 Å². The van der Waals surface area contributed by atoms with Crippen LogP contribution in [-0.2, 0) is 9.53 Å². The number of para-hydroxylation sites is 1. The van der Waals surface area contributed by atoms with E-state index in [0.717, 1.165) is 23.9 Å². The molecule has 3 heteroatoms. The molecule has 1 heterocycles. The summed E-state index contributed by atoms with van der Waals surface area (Å²) in [7, 11) is 0. The average Bonchev–Trinajstić information content (AvgIpc) is 3.17. The number of H-pyrrole nitrogens is 1.